The van der Waals surface area contributed by atoms with Gasteiger partial charge in [-0.25, -0.2) is 4.98 Å². The van der Waals surface area contributed by atoms with Crippen LogP contribution in [-0.2, 0) is 4.79 Å². The molecule has 0 atom stereocenters. The van der Waals surface area contributed by atoms with Crippen LogP contribution in [0.2, 0.25) is 0 Å². The third kappa shape index (κ3) is 2.94. The van der Waals surface area contributed by atoms with Gasteiger partial charge in [-0.05, 0) is 12.1 Å². The Morgan fingerprint density at radius 2 is 2.00 bits per heavy atom. The summed E-state index contributed by atoms with van der Waals surface area (Å²) >= 11 is 0. The second-order valence-corrected chi connectivity index (χ2v) is 4.21. The van der Waals surface area contributed by atoms with Crippen molar-refractivity contribution in [2.45, 2.75) is 6.42 Å². The number of fused-ring (bicyclic) bond motifs is 1. The molecule has 94 valence electrons. The second-order valence-electron chi connectivity index (χ2n) is 4.21. The normalized spacial score (nSPS) is 10.3. The van der Waals surface area contributed by atoms with Gasteiger partial charge in [-0.3, -0.25) is 9.78 Å². The molecule has 0 unspecified atom stereocenters. The van der Waals surface area contributed by atoms with Gasteiger partial charge in [-0.1, -0.05) is 12.1 Å². The van der Waals surface area contributed by atoms with Crippen LogP contribution >= 0.6 is 0 Å². The SMILES string of the molecule is CN(C)C(=O)CCNc1cnc2ccccc2n1. The highest BCUT2D eigenvalue weighted by atomic mass is 16.2. The smallest absolute Gasteiger partial charge is 0.223 e. The number of rotatable bonds is 4. The maximum Gasteiger partial charge on any atom is 0.223 e. The molecule has 0 aliphatic carbocycles. The molecule has 1 heterocycles. The number of amides is 1. The molecule has 1 aromatic heterocycles. The van der Waals surface area contributed by atoms with Crippen LogP contribution < -0.4 is 5.32 Å². The van der Waals surface area contributed by atoms with Crippen molar-refractivity contribution in [3.8, 4) is 0 Å². The van der Waals surface area contributed by atoms with E-state index in [2.05, 4.69) is 15.3 Å². The predicted octanol–water partition coefficient (Wildman–Crippen LogP) is 1.52. The number of carbonyl (C=O) groups excluding carboxylic acids is 1. The predicted molar refractivity (Wildman–Crippen MR) is 71.3 cm³/mol. The number of nitrogens with zero attached hydrogens (tertiary/aromatic N) is 3. The molecule has 18 heavy (non-hydrogen) atoms. The van der Waals surface area contributed by atoms with E-state index >= 15 is 0 Å². The molecule has 0 aliphatic heterocycles. The van der Waals surface area contributed by atoms with E-state index in [4.69, 9.17) is 0 Å². The first-order valence-electron chi connectivity index (χ1n) is 5.82. The number of hydrogen-bond acceptors (Lipinski definition) is 4. The van der Waals surface area contributed by atoms with Gasteiger partial charge < -0.3 is 10.2 Å². The minimum Gasteiger partial charge on any atom is -0.368 e. The Labute approximate surface area is 106 Å². The summed E-state index contributed by atoms with van der Waals surface area (Å²) in [5.74, 6) is 0.788. The third-order valence-corrected chi connectivity index (χ3v) is 2.59. The maximum absolute atomic E-state index is 11.4. The largest absolute Gasteiger partial charge is 0.368 e. The molecule has 1 amide bonds. The lowest BCUT2D eigenvalue weighted by molar-refractivity contribution is -0.128. The molecule has 2 rings (SSSR count). The quantitative estimate of drug-likeness (QED) is 0.886. The van der Waals surface area contributed by atoms with E-state index in [1.54, 1.807) is 25.2 Å². The third-order valence-electron chi connectivity index (χ3n) is 2.59. The first kappa shape index (κ1) is 12.3. The molecule has 0 aliphatic rings. The Morgan fingerprint density at radius 3 is 2.72 bits per heavy atom. The highest BCUT2D eigenvalue weighted by Gasteiger charge is 2.03. The van der Waals surface area contributed by atoms with Crippen LogP contribution in [0, 0.1) is 0 Å². The Balaban J connectivity index is 1.98. The Hall–Kier alpha value is -2.17. The number of benzene rings is 1. The average molecular weight is 244 g/mol. The van der Waals surface area contributed by atoms with Gasteiger partial charge in [0.2, 0.25) is 5.91 Å². The summed E-state index contributed by atoms with van der Waals surface area (Å²) in [6.45, 7) is 0.560. The summed E-state index contributed by atoms with van der Waals surface area (Å²) in [4.78, 5) is 21.7. The van der Waals surface area contributed by atoms with Crippen molar-refractivity contribution in [3.05, 3.63) is 30.5 Å². The first-order valence-corrected chi connectivity index (χ1v) is 5.82. The number of hydrogen-bond donors (Lipinski definition) is 1. The Kier molecular flexibility index (Phi) is 3.72. The molecular weight excluding hydrogens is 228 g/mol. The zero-order valence-corrected chi connectivity index (χ0v) is 10.6. The molecule has 5 nitrogen and oxygen atoms in total. The lowest BCUT2D eigenvalue weighted by Crippen LogP contribution is -2.24. The van der Waals surface area contributed by atoms with E-state index in [1.807, 2.05) is 24.3 Å². The minimum atomic E-state index is 0.0937. The minimum absolute atomic E-state index is 0.0937. The Bertz CT molecular complexity index is 553. The van der Waals surface area contributed by atoms with Gasteiger partial charge in [0.25, 0.3) is 0 Å². The summed E-state index contributed by atoms with van der Waals surface area (Å²) in [5.41, 5.74) is 1.72. The van der Waals surface area contributed by atoms with E-state index in [-0.39, 0.29) is 5.91 Å². The Morgan fingerprint density at radius 1 is 1.28 bits per heavy atom. The molecule has 5 heteroatoms. The lowest BCUT2D eigenvalue weighted by Gasteiger charge is -2.10. The number of aromatic nitrogens is 2. The van der Waals surface area contributed by atoms with Crippen LogP contribution in [0.3, 0.4) is 0 Å². The summed E-state index contributed by atoms with van der Waals surface area (Å²) in [6, 6.07) is 7.69. The van der Waals surface area contributed by atoms with Gasteiger partial charge in [0.15, 0.2) is 0 Å². The molecule has 0 bridgehead atoms. The standard InChI is InChI=1S/C13H16N4O/c1-17(2)13(18)7-8-14-12-9-15-10-5-3-4-6-11(10)16-12/h3-6,9H,7-8H2,1-2H3,(H,14,16). The van der Waals surface area contributed by atoms with Crippen LogP contribution in [0.4, 0.5) is 5.82 Å². The van der Waals surface area contributed by atoms with E-state index in [9.17, 15) is 4.79 Å². The van der Waals surface area contributed by atoms with Gasteiger partial charge in [0.1, 0.15) is 5.82 Å². The lowest BCUT2D eigenvalue weighted by atomic mass is 10.3. The zero-order valence-electron chi connectivity index (χ0n) is 10.6. The number of anilines is 1. The molecule has 0 saturated carbocycles. The van der Waals surface area contributed by atoms with Gasteiger partial charge in [0.05, 0.1) is 17.2 Å². The average Bonchev–Trinajstić information content (AvgIpc) is 2.38. The number of nitrogens with one attached hydrogen (secondary N) is 1. The molecule has 1 aromatic carbocycles. The van der Waals surface area contributed by atoms with Gasteiger partial charge in [-0.15, -0.1) is 0 Å². The first-order chi connectivity index (χ1) is 8.66. The van der Waals surface area contributed by atoms with Crippen LogP contribution in [0.5, 0.6) is 0 Å². The monoisotopic (exact) mass is 244 g/mol. The molecule has 0 radical (unpaired) electrons. The summed E-state index contributed by atoms with van der Waals surface area (Å²) in [6.07, 6.45) is 2.13. The molecule has 0 spiro atoms. The van der Waals surface area contributed by atoms with E-state index in [0.29, 0.717) is 18.8 Å². The topological polar surface area (TPSA) is 58.1 Å². The van der Waals surface area contributed by atoms with Crippen LogP contribution in [0.1, 0.15) is 6.42 Å². The highest BCUT2D eigenvalue weighted by Crippen LogP contribution is 2.11. The fraction of sp³-hybridized carbons (Fsp3) is 0.308. The van der Waals surface area contributed by atoms with E-state index in [1.165, 1.54) is 0 Å². The molecule has 0 saturated heterocycles. The number of carbonyl (C=O) groups is 1. The van der Waals surface area contributed by atoms with Crippen LogP contribution in [-0.4, -0.2) is 41.4 Å². The highest BCUT2D eigenvalue weighted by molar-refractivity contribution is 5.76. The molecular formula is C13H16N4O. The van der Waals surface area contributed by atoms with E-state index < -0.39 is 0 Å². The summed E-state index contributed by atoms with van der Waals surface area (Å²) < 4.78 is 0. The van der Waals surface area contributed by atoms with Crippen molar-refractivity contribution < 1.29 is 4.79 Å². The van der Waals surface area contributed by atoms with Crippen molar-refractivity contribution in [1.29, 1.82) is 0 Å². The molecule has 2 aromatic rings. The summed E-state index contributed by atoms with van der Waals surface area (Å²) in [7, 11) is 3.50. The molecule has 0 fully saturated rings. The van der Waals surface area contributed by atoms with Crippen LogP contribution in [0.25, 0.3) is 11.0 Å². The van der Waals surface area contributed by atoms with Gasteiger partial charge in [-0.2, -0.15) is 0 Å². The van der Waals surface area contributed by atoms with Gasteiger partial charge >= 0.3 is 0 Å². The maximum atomic E-state index is 11.4. The van der Waals surface area contributed by atoms with Crippen molar-refractivity contribution in [1.82, 2.24) is 14.9 Å². The second kappa shape index (κ2) is 5.44. The van der Waals surface area contributed by atoms with Crippen molar-refractivity contribution in [2.24, 2.45) is 0 Å². The van der Waals surface area contributed by atoms with Crippen molar-refractivity contribution >= 4 is 22.8 Å². The fourth-order valence-electron chi connectivity index (χ4n) is 1.56. The fourth-order valence-corrected chi connectivity index (χ4v) is 1.56. The molecule has 1 N–H and O–H groups in total. The van der Waals surface area contributed by atoms with Crippen molar-refractivity contribution in [2.75, 3.05) is 26.0 Å². The zero-order chi connectivity index (χ0) is 13.0. The number of para-hydroxylation sites is 2. The van der Waals surface area contributed by atoms with Crippen molar-refractivity contribution in [3.63, 3.8) is 0 Å². The van der Waals surface area contributed by atoms with E-state index in [0.717, 1.165) is 11.0 Å². The van der Waals surface area contributed by atoms with Gasteiger partial charge in [0, 0.05) is 27.1 Å². The summed E-state index contributed by atoms with van der Waals surface area (Å²) in [5, 5.41) is 3.10. The van der Waals surface area contributed by atoms with Crippen LogP contribution in [0.15, 0.2) is 30.5 Å².